The zero-order chi connectivity index (χ0) is 23.4. The van der Waals surface area contributed by atoms with Crippen molar-refractivity contribution >= 4 is 17.4 Å². The molecule has 3 rings (SSSR count). The van der Waals surface area contributed by atoms with Gasteiger partial charge in [-0.05, 0) is 68.7 Å². The van der Waals surface area contributed by atoms with Crippen molar-refractivity contribution in [1.29, 1.82) is 0 Å². The van der Waals surface area contributed by atoms with Crippen molar-refractivity contribution in [1.82, 2.24) is 4.90 Å². The van der Waals surface area contributed by atoms with Crippen LogP contribution in [-0.4, -0.2) is 48.1 Å². The minimum Gasteiger partial charge on any atom is -0.507 e. The lowest BCUT2D eigenvalue weighted by Gasteiger charge is -2.25. The minimum absolute atomic E-state index is 0.0287. The summed E-state index contributed by atoms with van der Waals surface area (Å²) in [6.45, 7) is 6.13. The maximum atomic E-state index is 13.7. The Morgan fingerprint density at radius 1 is 1.19 bits per heavy atom. The summed E-state index contributed by atoms with van der Waals surface area (Å²) in [6.07, 6.45) is 0.586. The smallest absolute Gasteiger partial charge is 0.295 e. The van der Waals surface area contributed by atoms with Gasteiger partial charge >= 0.3 is 0 Å². The predicted octanol–water partition coefficient (Wildman–Crippen LogP) is 4.38. The maximum Gasteiger partial charge on any atom is 0.295 e. The molecule has 0 aliphatic carbocycles. The fourth-order valence-corrected chi connectivity index (χ4v) is 3.77. The number of carbonyl (C=O) groups excluding carboxylic acids is 2. The average Bonchev–Trinajstić information content (AvgIpc) is 3.02. The molecular weight excluding hydrogens is 413 g/mol. The highest BCUT2D eigenvalue weighted by Gasteiger charge is 2.45. The van der Waals surface area contributed by atoms with Crippen LogP contribution in [0.5, 0.6) is 5.75 Å². The second-order valence-corrected chi connectivity index (χ2v) is 8.01. The molecule has 7 heteroatoms. The van der Waals surface area contributed by atoms with Crippen molar-refractivity contribution in [2.24, 2.45) is 0 Å². The number of aryl methyl sites for hydroxylation is 1. The SMILES string of the molecule is COc1cccc(C2/C(=C(/O)c3ccc(F)c(C)c3)C(=O)C(=O)N2CCCOC(C)C)c1. The Morgan fingerprint density at radius 3 is 2.59 bits per heavy atom. The molecule has 1 fully saturated rings. The van der Waals surface area contributed by atoms with Crippen LogP contribution in [0.1, 0.15) is 43.0 Å². The molecule has 1 unspecified atom stereocenters. The number of carbonyl (C=O) groups is 2. The molecule has 0 spiro atoms. The summed E-state index contributed by atoms with van der Waals surface area (Å²) in [5, 5.41) is 11.0. The normalized spacial score (nSPS) is 17.9. The Labute approximate surface area is 187 Å². The van der Waals surface area contributed by atoms with Crippen LogP contribution >= 0.6 is 0 Å². The van der Waals surface area contributed by atoms with Gasteiger partial charge in [0.25, 0.3) is 11.7 Å². The molecule has 2 aromatic carbocycles. The van der Waals surface area contributed by atoms with Crippen LogP contribution in [0.3, 0.4) is 0 Å². The van der Waals surface area contributed by atoms with Crippen molar-refractivity contribution in [3.05, 3.63) is 70.5 Å². The van der Waals surface area contributed by atoms with Gasteiger partial charge in [0.05, 0.1) is 24.8 Å². The number of hydrogen-bond donors (Lipinski definition) is 1. The highest BCUT2D eigenvalue weighted by molar-refractivity contribution is 6.46. The quantitative estimate of drug-likeness (QED) is 0.285. The zero-order valence-corrected chi connectivity index (χ0v) is 18.7. The zero-order valence-electron chi connectivity index (χ0n) is 18.7. The largest absolute Gasteiger partial charge is 0.507 e. The lowest BCUT2D eigenvalue weighted by molar-refractivity contribution is -0.140. The monoisotopic (exact) mass is 441 g/mol. The number of ketones is 1. The van der Waals surface area contributed by atoms with E-state index in [1.54, 1.807) is 31.2 Å². The van der Waals surface area contributed by atoms with Gasteiger partial charge in [0.1, 0.15) is 17.3 Å². The number of rotatable bonds is 8. The van der Waals surface area contributed by atoms with Crippen LogP contribution in [0.15, 0.2) is 48.0 Å². The number of aliphatic hydroxyl groups is 1. The number of methoxy groups -OCH3 is 1. The molecule has 1 aliphatic heterocycles. The topological polar surface area (TPSA) is 76.1 Å². The number of Topliss-reactive ketones (excluding diaryl/α,β-unsaturated/α-hetero) is 1. The van der Waals surface area contributed by atoms with Gasteiger partial charge in [-0.25, -0.2) is 4.39 Å². The molecule has 1 N–H and O–H groups in total. The summed E-state index contributed by atoms with van der Waals surface area (Å²) in [6, 6.07) is 10.3. The van der Waals surface area contributed by atoms with E-state index in [0.29, 0.717) is 29.9 Å². The van der Waals surface area contributed by atoms with E-state index in [0.717, 1.165) is 0 Å². The van der Waals surface area contributed by atoms with Crippen molar-refractivity contribution in [2.45, 2.75) is 39.3 Å². The minimum atomic E-state index is -0.797. The first-order valence-corrected chi connectivity index (χ1v) is 10.5. The fraction of sp³-hybridized carbons (Fsp3) is 0.360. The molecular formula is C25H28FNO5. The van der Waals surface area contributed by atoms with E-state index >= 15 is 0 Å². The summed E-state index contributed by atoms with van der Waals surface area (Å²) in [7, 11) is 1.53. The molecule has 0 bridgehead atoms. The number of aliphatic hydroxyl groups excluding tert-OH is 1. The van der Waals surface area contributed by atoms with E-state index in [-0.39, 0.29) is 29.5 Å². The Hall–Kier alpha value is -3.19. The lowest BCUT2D eigenvalue weighted by Crippen LogP contribution is -2.31. The first kappa shape index (κ1) is 23.5. The second-order valence-electron chi connectivity index (χ2n) is 8.01. The Kier molecular flexibility index (Phi) is 7.30. The van der Waals surface area contributed by atoms with Gasteiger partial charge in [0.15, 0.2) is 0 Å². The first-order valence-electron chi connectivity index (χ1n) is 10.5. The number of nitrogens with zero attached hydrogens (tertiary/aromatic N) is 1. The van der Waals surface area contributed by atoms with E-state index in [1.165, 1.54) is 30.2 Å². The summed E-state index contributed by atoms with van der Waals surface area (Å²) in [5.41, 5.74) is 1.21. The summed E-state index contributed by atoms with van der Waals surface area (Å²) in [5.74, 6) is -1.66. The molecule has 1 saturated heterocycles. The molecule has 0 aromatic heterocycles. The van der Waals surface area contributed by atoms with E-state index < -0.39 is 23.5 Å². The van der Waals surface area contributed by atoms with E-state index in [9.17, 15) is 19.1 Å². The van der Waals surface area contributed by atoms with Gasteiger partial charge in [-0.1, -0.05) is 12.1 Å². The van der Waals surface area contributed by atoms with Crippen LogP contribution in [-0.2, 0) is 14.3 Å². The summed E-state index contributed by atoms with van der Waals surface area (Å²) < 4.78 is 24.6. The standard InChI is InChI=1S/C25H28FNO5/c1-15(2)32-12-6-11-27-22(17-7-5-8-19(14-17)31-4)21(24(29)25(27)30)23(28)18-9-10-20(26)16(3)13-18/h5,7-10,13-15,22,28H,6,11-12H2,1-4H3/b23-21-. The van der Waals surface area contributed by atoms with Gasteiger partial charge in [0, 0.05) is 18.7 Å². The van der Waals surface area contributed by atoms with Crippen LogP contribution in [0, 0.1) is 12.7 Å². The average molecular weight is 441 g/mol. The molecule has 170 valence electrons. The van der Waals surface area contributed by atoms with Gasteiger partial charge in [-0.15, -0.1) is 0 Å². The third-order valence-corrected chi connectivity index (χ3v) is 5.38. The summed E-state index contributed by atoms with van der Waals surface area (Å²) in [4.78, 5) is 27.4. The molecule has 1 heterocycles. The van der Waals surface area contributed by atoms with E-state index in [1.807, 2.05) is 13.8 Å². The number of hydrogen-bond acceptors (Lipinski definition) is 5. The van der Waals surface area contributed by atoms with Crippen molar-refractivity contribution < 1.29 is 28.6 Å². The van der Waals surface area contributed by atoms with Crippen LogP contribution < -0.4 is 4.74 Å². The third kappa shape index (κ3) is 4.83. The molecule has 1 atom stereocenters. The fourth-order valence-electron chi connectivity index (χ4n) is 3.77. The molecule has 2 aromatic rings. The lowest BCUT2D eigenvalue weighted by atomic mass is 9.94. The van der Waals surface area contributed by atoms with Crippen LogP contribution in [0.4, 0.5) is 4.39 Å². The van der Waals surface area contributed by atoms with E-state index in [2.05, 4.69) is 0 Å². The van der Waals surface area contributed by atoms with Gasteiger partial charge in [-0.2, -0.15) is 0 Å². The van der Waals surface area contributed by atoms with Gasteiger partial charge in [-0.3, -0.25) is 9.59 Å². The number of likely N-dealkylation sites (tertiary alicyclic amines) is 1. The van der Waals surface area contributed by atoms with Crippen LogP contribution in [0.2, 0.25) is 0 Å². The Morgan fingerprint density at radius 2 is 1.94 bits per heavy atom. The third-order valence-electron chi connectivity index (χ3n) is 5.38. The molecule has 6 nitrogen and oxygen atoms in total. The summed E-state index contributed by atoms with van der Waals surface area (Å²) >= 11 is 0. The molecule has 0 radical (unpaired) electrons. The number of halogens is 1. The molecule has 32 heavy (non-hydrogen) atoms. The highest BCUT2D eigenvalue weighted by atomic mass is 19.1. The molecule has 1 amide bonds. The molecule has 0 saturated carbocycles. The number of amides is 1. The Bertz CT molecular complexity index is 1050. The second kappa shape index (κ2) is 9.96. The maximum absolute atomic E-state index is 13.7. The van der Waals surface area contributed by atoms with Crippen molar-refractivity contribution in [2.75, 3.05) is 20.3 Å². The number of benzene rings is 2. The molecule has 1 aliphatic rings. The van der Waals surface area contributed by atoms with Crippen molar-refractivity contribution in [3.63, 3.8) is 0 Å². The van der Waals surface area contributed by atoms with Crippen molar-refractivity contribution in [3.8, 4) is 5.75 Å². The van der Waals surface area contributed by atoms with Gasteiger partial charge < -0.3 is 19.5 Å². The Balaban J connectivity index is 2.07. The van der Waals surface area contributed by atoms with E-state index in [4.69, 9.17) is 9.47 Å². The predicted molar refractivity (Wildman–Crippen MR) is 119 cm³/mol. The van der Waals surface area contributed by atoms with Crippen LogP contribution in [0.25, 0.3) is 5.76 Å². The number of ether oxygens (including phenoxy) is 2. The highest BCUT2D eigenvalue weighted by Crippen LogP contribution is 2.40. The first-order chi connectivity index (χ1) is 15.2. The van der Waals surface area contributed by atoms with Gasteiger partial charge in [0.2, 0.25) is 0 Å².